The summed E-state index contributed by atoms with van der Waals surface area (Å²) in [7, 11) is 1.44. The zero-order valence-electron chi connectivity index (χ0n) is 11.3. The van der Waals surface area contributed by atoms with Crippen LogP contribution >= 0.6 is 11.8 Å². The first-order valence-corrected chi connectivity index (χ1v) is 7.26. The van der Waals surface area contributed by atoms with Crippen LogP contribution in [0.2, 0.25) is 0 Å². The molecule has 7 heteroatoms. The Morgan fingerprint density at radius 3 is 2.67 bits per heavy atom. The number of hydrogen-bond donors (Lipinski definition) is 0. The van der Waals surface area contributed by atoms with Crippen molar-refractivity contribution in [3.63, 3.8) is 0 Å². The molecule has 1 unspecified atom stereocenters. The van der Waals surface area contributed by atoms with E-state index in [1.54, 1.807) is 6.26 Å². The van der Waals surface area contributed by atoms with Crippen molar-refractivity contribution < 1.29 is 22.7 Å². The zero-order valence-corrected chi connectivity index (χ0v) is 12.1. The summed E-state index contributed by atoms with van der Waals surface area (Å²) >= 11 is 1.28. The van der Waals surface area contributed by atoms with E-state index in [1.165, 1.54) is 36.4 Å². The fourth-order valence-corrected chi connectivity index (χ4v) is 2.41. The third-order valence-electron chi connectivity index (χ3n) is 2.96. The molecule has 1 saturated heterocycles. The first-order valence-electron chi connectivity index (χ1n) is 5.97. The number of alkyl halides is 3. The van der Waals surface area contributed by atoms with Crippen LogP contribution in [-0.4, -0.2) is 25.0 Å². The number of Topliss-reactive ketones (excluding diaryl/α,β-unsaturated/α-hetero) is 1. The number of hydrogen-bond acceptors (Lipinski definition) is 4. The van der Waals surface area contributed by atoms with Gasteiger partial charge < -0.3 is 4.74 Å². The van der Waals surface area contributed by atoms with Crippen LogP contribution in [0.5, 0.6) is 0 Å². The predicted molar refractivity (Wildman–Crippen MR) is 75.2 cm³/mol. The minimum Gasteiger partial charge on any atom is -0.438 e. The van der Waals surface area contributed by atoms with Crippen LogP contribution in [-0.2, 0) is 15.7 Å². The molecule has 1 atom stereocenters. The Morgan fingerprint density at radius 2 is 2.10 bits per heavy atom. The third kappa shape index (κ3) is 3.12. The van der Waals surface area contributed by atoms with Crippen molar-refractivity contribution in [1.29, 1.82) is 0 Å². The molecule has 2 rings (SSSR count). The summed E-state index contributed by atoms with van der Waals surface area (Å²) in [5.41, 5.74) is -0.578. The topological polar surface area (TPSA) is 38.7 Å². The second-order valence-electron chi connectivity index (χ2n) is 4.30. The fourth-order valence-electron chi connectivity index (χ4n) is 2.03. The molecule has 0 saturated carbocycles. The van der Waals surface area contributed by atoms with Crippen LogP contribution in [0.1, 0.15) is 17.0 Å². The smallest absolute Gasteiger partial charge is 0.416 e. The van der Waals surface area contributed by atoms with Gasteiger partial charge in [-0.3, -0.25) is 9.79 Å². The van der Waals surface area contributed by atoms with Gasteiger partial charge in [0.1, 0.15) is 5.92 Å². The van der Waals surface area contributed by atoms with Crippen LogP contribution in [0.4, 0.5) is 13.2 Å². The molecule has 21 heavy (non-hydrogen) atoms. The largest absolute Gasteiger partial charge is 0.438 e. The first kappa shape index (κ1) is 15.6. The molecule has 0 N–H and O–H groups in total. The zero-order chi connectivity index (χ0) is 15.6. The summed E-state index contributed by atoms with van der Waals surface area (Å²) in [6, 6.07) is 4.66. The van der Waals surface area contributed by atoms with Crippen molar-refractivity contribution in [3.8, 4) is 0 Å². The van der Waals surface area contributed by atoms with Crippen molar-refractivity contribution in [2.45, 2.75) is 12.1 Å². The summed E-state index contributed by atoms with van der Waals surface area (Å²) in [5.74, 6) is -1.09. The molecular weight excluding hydrogens is 303 g/mol. The molecule has 1 aliphatic heterocycles. The Balaban J connectivity index is 2.46. The summed E-state index contributed by atoms with van der Waals surface area (Å²) in [4.78, 5) is 16.1. The van der Waals surface area contributed by atoms with Gasteiger partial charge in [0.2, 0.25) is 11.7 Å². The number of carbonyl (C=O) groups is 1. The van der Waals surface area contributed by atoms with Gasteiger partial charge in [0.25, 0.3) is 0 Å². The molecule has 0 aliphatic carbocycles. The number of aliphatic imine (C=N–C) groups is 1. The highest BCUT2D eigenvalue weighted by molar-refractivity contribution is 8.01. The maximum absolute atomic E-state index is 12.8. The number of carbonyl (C=O) groups excluding carboxylic acids is 1. The normalized spacial score (nSPS) is 22.9. The Morgan fingerprint density at radius 1 is 1.38 bits per heavy atom. The highest BCUT2D eigenvalue weighted by atomic mass is 32.2. The number of rotatable bonds is 2. The molecule has 3 nitrogen and oxygen atoms in total. The predicted octanol–water partition coefficient (Wildman–Crippen LogP) is 3.62. The van der Waals surface area contributed by atoms with Crippen molar-refractivity contribution in [3.05, 3.63) is 46.6 Å². The van der Waals surface area contributed by atoms with E-state index in [2.05, 4.69) is 4.99 Å². The summed E-state index contributed by atoms with van der Waals surface area (Å²) in [5, 5.41) is 1.52. The summed E-state index contributed by atoms with van der Waals surface area (Å²) in [6.45, 7) is 0. The first-order chi connectivity index (χ1) is 9.88. The van der Waals surface area contributed by atoms with Gasteiger partial charge in [-0.15, -0.1) is 11.8 Å². The molecule has 0 bridgehead atoms. The summed E-state index contributed by atoms with van der Waals surface area (Å²) < 4.78 is 43.6. The lowest BCUT2D eigenvalue weighted by molar-refractivity contribution is -0.137. The van der Waals surface area contributed by atoms with Crippen molar-refractivity contribution in [1.82, 2.24) is 0 Å². The Kier molecular flexibility index (Phi) is 4.41. The molecule has 0 amide bonds. The molecule has 1 aromatic carbocycles. The van der Waals surface area contributed by atoms with Gasteiger partial charge >= 0.3 is 6.18 Å². The highest BCUT2D eigenvalue weighted by Crippen LogP contribution is 2.35. The van der Waals surface area contributed by atoms with E-state index < -0.39 is 17.7 Å². The number of ether oxygens (including phenoxy) is 1. The molecule has 112 valence electrons. The van der Waals surface area contributed by atoms with Gasteiger partial charge in [-0.1, -0.05) is 18.2 Å². The fraction of sp³-hybridized carbons (Fsp3) is 0.286. The van der Waals surface area contributed by atoms with E-state index in [0.29, 0.717) is 0 Å². The van der Waals surface area contributed by atoms with Crippen LogP contribution in [0.3, 0.4) is 0 Å². The number of nitrogens with zero attached hydrogens (tertiary/aromatic N) is 1. The van der Waals surface area contributed by atoms with Crippen LogP contribution < -0.4 is 0 Å². The second kappa shape index (κ2) is 5.93. The van der Waals surface area contributed by atoms with Gasteiger partial charge in [-0.05, 0) is 17.9 Å². The van der Waals surface area contributed by atoms with Crippen LogP contribution in [0.15, 0.2) is 40.4 Å². The van der Waals surface area contributed by atoms with E-state index in [9.17, 15) is 18.0 Å². The lowest BCUT2D eigenvalue weighted by atomic mass is 9.94. The Bertz CT molecular complexity index is 623. The lowest BCUT2D eigenvalue weighted by Crippen LogP contribution is -2.14. The van der Waals surface area contributed by atoms with Crippen molar-refractivity contribution >= 4 is 23.4 Å². The van der Waals surface area contributed by atoms with Gasteiger partial charge in [0.05, 0.1) is 5.56 Å². The number of ketones is 1. The Hall–Kier alpha value is -1.76. The monoisotopic (exact) mass is 315 g/mol. The van der Waals surface area contributed by atoms with Gasteiger partial charge in [0, 0.05) is 12.5 Å². The average molecular weight is 315 g/mol. The summed E-state index contributed by atoms with van der Waals surface area (Å²) in [6.07, 6.45) is -2.70. The molecule has 1 aliphatic rings. The van der Waals surface area contributed by atoms with Gasteiger partial charge in [0.15, 0.2) is 5.76 Å². The van der Waals surface area contributed by atoms with E-state index in [1.807, 2.05) is 0 Å². The second-order valence-corrected chi connectivity index (χ2v) is 5.01. The minimum absolute atomic E-state index is 0.102. The van der Waals surface area contributed by atoms with Gasteiger partial charge in [-0.2, -0.15) is 13.2 Å². The van der Waals surface area contributed by atoms with Gasteiger partial charge in [-0.25, -0.2) is 0 Å². The average Bonchev–Trinajstić information content (AvgIpc) is 2.75. The molecule has 1 heterocycles. The molecule has 0 radical (unpaired) electrons. The van der Waals surface area contributed by atoms with Crippen molar-refractivity contribution in [2.75, 3.05) is 13.3 Å². The van der Waals surface area contributed by atoms with Crippen LogP contribution in [0.25, 0.3) is 0 Å². The maximum atomic E-state index is 12.8. The van der Waals surface area contributed by atoms with E-state index in [4.69, 9.17) is 4.74 Å². The van der Waals surface area contributed by atoms with E-state index in [0.717, 1.165) is 12.1 Å². The van der Waals surface area contributed by atoms with Crippen molar-refractivity contribution in [2.24, 2.45) is 4.99 Å². The van der Waals surface area contributed by atoms with E-state index in [-0.39, 0.29) is 23.0 Å². The maximum Gasteiger partial charge on any atom is 0.416 e. The highest BCUT2D eigenvalue weighted by Gasteiger charge is 2.40. The molecule has 1 fully saturated rings. The Labute approximate surface area is 123 Å². The standard InChI is InChI=1S/C14H12F3NO2S/c1-18-13-11(12(19)10(20-13)7-21-2)8-4-3-5-9(6-8)14(15,16)17/h3-7,11H,1-2H3. The van der Waals surface area contributed by atoms with E-state index >= 15 is 0 Å². The lowest BCUT2D eigenvalue weighted by Gasteiger charge is -2.11. The third-order valence-corrected chi connectivity index (χ3v) is 3.41. The number of halogens is 3. The molecule has 0 spiro atoms. The molecular formula is C14H12F3NO2S. The quantitative estimate of drug-likeness (QED) is 0.782. The van der Waals surface area contributed by atoms with Crippen LogP contribution in [0, 0.1) is 0 Å². The number of benzene rings is 1. The number of allylic oxidation sites excluding steroid dienone is 1. The SMILES string of the molecule is CN=C1OC(=CSC)C(=O)C1c1cccc(C(F)(F)F)c1. The minimum atomic E-state index is -4.46. The molecule has 0 aromatic heterocycles. The molecule has 1 aromatic rings. The number of thioether (sulfide) groups is 1.